The van der Waals surface area contributed by atoms with Gasteiger partial charge in [0.25, 0.3) is 0 Å². The van der Waals surface area contributed by atoms with E-state index in [0.717, 1.165) is 12.8 Å². The summed E-state index contributed by atoms with van der Waals surface area (Å²) in [4.78, 5) is 83.7. The Balaban J connectivity index is -0.000000703. The highest BCUT2D eigenvalue weighted by atomic mass is 16.2. The lowest BCUT2D eigenvalue weighted by atomic mass is 9.87. The van der Waals surface area contributed by atoms with Crippen LogP contribution < -0.4 is 21.3 Å². The molecule has 1 fully saturated rings. The summed E-state index contributed by atoms with van der Waals surface area (Å²) >= 11 is 0. The van der Waals surface area contributed by atoms with Gasteiger partial charge in [-0.05, 0) is 19.3 Å². The van der Waals surface area contributed by atoms with E-state index in [-0.39, 0.29) is 93.5 Å². The Morgan fingerprint density at radius 2 is 1.32 bits per heavy atom. The highest BCUT2D eigenvalue weighted by molar-refractivity contribution is 6.03. The molecule has 1 saturated heterocycles. The van der Waals surface area contributed by atoms with Gasteiger partial charge in [0.1, 0.15) is 5.78 Å². The number of hydrogen-bond donors (Lipinski definition) is 4. The maximum absolute atomic E-state index is 12.5. The molecule has 1 atom stereocenters. The molecule has 37 heavy (non-hydrogen) atoms. The number of Topliss-reactive ketones (excluding diaryl/α,β-unsaturated/α-hetero) is 1. The number of carbonyl (C=O) groups excluding carboxylic acids is 7. The minimum absolute atomic E-state index is 0. The fourth-order valence-corrected chi connectivity index (χ4v) is 3.76. The first kappa shape index (κ1) is 33.7. The number of amides is 6. The van der Waals surface area contributed by atoms with E-state index in [4.69, 9.17) is 0 Å². The number of carbonyl (C=O) groups is 7. The van der Waals surface area contributed by atoms with Gasteiger partial charge in [0, 0.05) is 38.1 Å². The monoisotopic (exact) mass is 533 g/mol. The Morgan fingerprint density at radius 1 is 0.838 bits per heavy atom. The molecule has 1 heterocycles. The van der Waals surface area contributed by atoms with Crippen molar-refractivity contribution in [2.45, 2.75) is 73.1 Å². The lowest BCUT2D eigenvalue weighted by Gasteiger charge is -2.19. The molecule has 0 aromatic heterocycles. The van der Waals surface area contributed by atoms with Crippen LogP contribution in [0.4, 0.5) is 0 Å². The van der Waals surface area contributed by atoms with Gasteiger partial charge in [0.15, 0.2) is 0 Å². The Bertz CT molecular complexity index is 830. The quantitative estimate of drug-likeness (QED) is 0.215. The molecule has 0 aromatic carbocycles. The van der Waals surface area contributed by atoms with Crippen molar-refractivity contribution in [2.75, 3.05) is 32.7 Å². The Hall–Kier alpha value is -3.31. The zero-order valence-corrected chi connectivity index (χ0v) is 22.7. The molecule has 0 saturated carbocycles. The molecule has 12 nitrogen and oxygen atoms in total. The van der Waals surface area contributed by atoms with Crippen LogP contribution in [0.2, 0.25) is 0 Å². The van der Waals surface area contributed by atoms with Crippen molar-refractivity contribution >= 4 is 41.2 Å². The van der Waals surface area contributed by atoms with Gasteiger partial charge in [-0.1, -0.05) is 40.5 Å². The molecule has 0 spiro atoms. The molecule has 0 aliphatic carbocycles. The fraction of sp³-hybridized carbons (Fsp3) is 0.720. The van der Waals surface area contributed by atoms with Crippen molar-refractivity contribution in [3.8, 4) is 0 Å². The summed E-state index contributed by atoms with van der Waals surface area (Å²) in [5.74, 6) is -2.59. The molecule has 12 heteroatoms. The lowest BCUT2D eigenvalue weighted by molar-refractivity contribution is -0.140. The van der Waals surface area contributed by atoms with Gasteiger partial charge in [-0.25, -0.2) is 0 Å². The summed E-state index contributed by atoms with van der Waals surface area (Å²) in [6.07, 6.45) is 2.41. The van der Waals surface area contributed by atoms with E-state index in [2.05, 4.69) is 21.3 Å². The molecule has 0 bridgehead atoms. The summed E-state index contributed by atoms with van der Waals surface area (Å²) in [6.45, 7) is 8.76. The highest BCUT2D eigenvalue weighted by Gasteiger charge is 2.41. The smallest absolute Gasteiger partial charge is 0.239 e. The minimum Gasteiger partial charge on any atom is -0.354 e. The van der Waals surface area contributed by atoms with Crippen molar-refractivity contribution in [2.24, 2.45) is 11.8 Å². The van der Waals surface area contributed by atoms with Gasteiger partial charge < -0.3 is 21.3 Å². The second-order valence-electron chi connectivity index (χ2n) is 8.51. The number of nitrogens with one attached hydrogen (secondary N) is 4. The molecule has 6 amide bonds. The largest absolute Gasteiger partial charge is 0.354 e. The van der Waals surface area contributed by atoms with Gasteiger partial charge in [0.2, 0.25) is 35.4 Å². The number of likely N-dealkylation sites (tertiary alicyclic amines) is 1. The summed E-state index contributed by atoms with van der Waals surface area (Å²) < 4.78 is 0. The number of ketones is 1. The van der Waals surface area contributed by atoms with E-state index in [1.807, 2.05) is 27.7 Å². The van der Waals surface area contributed by atoms with Gasteiger partial charge in [-0.2, -0.15) is 0 Å². The predicted octanol–water partition coefficient (Wildman–Crippen LogP) is 1.03. The van der Waals surface area contributed by atoms with Crippen molar-refractivity contribution in [1.29, 1.82) is 0 Å². The van der Waals surface area contributed by atoms with E-state index >= 15 is 0 Å². The first-order valence-corrected chi connectivity index (χ1v) is 13.0. The molecule has 1 unspecified atom stereocenters. The average molecular weight is 534 g/mol. The standard InChI is InChI=1S/C23H37N5O7.C2H6.4H2/c1-4-16(5-2)17-11-22(34)28(23(17)35)10-6-7-18(30)25-13-20(32)27-14-21(33)26-12-19(31)24-9-8-15(3)29;1-2;;;;/h16-17H,4-14H2,1-3H3,(H,24,31)(H,25,30)(H,26,33)(H,27,32);1-2H3;4*1H. The normalized spacial score (nSPS) is 14.5. The third-order valence-corrected chi connectivity index (χ3v) is 5.82. The minimum atomic E-state index is -0.586. The van der Waals surface area contributed by atoms with Gasteiger partial charge in [-0.15, -0.1) is 0 Å². The summed E-state index contributed by atoms with van der Waals surface area (Å²) in [7, 11) is 0. The molecule has 4 N–H and O–H groups in total. The van der Waals surface area contributed by atoms with Crippen LogP contribution in [0.3, 0.4) is 0 Å². The van der Waals surface area contributed by atoms with Gasteiger partial charge >= 0.3 is 0 Å². The Labute approximate surface area is 225 Å². The second kappa shape index (κ2) is 18.9. The predicted molar refractivity (Wildman–Crippen MR) is 145 cm³/mol. The van der Waals surface area contributed by atoms with Crippen LogP contribution in [-0.4, -0.2) is 78.9 Å². The summed E-state index contributed by atoms with van der Waals surface area (Å²) in [6, 6.07) is 0. The Morgan fingerprint density at radius 3 is 1.81 bits per heavy atom. The maximum atomic E-state index is 12.5. The zero-order valence-electron chi connectivity index (χ0n) is 22.7. The van der Waals surface area contributed by atoms with E-state index in [1.54, 1.807) is 0 Å². The summed E-state index contributed by atoms with van der Waals surface area (Å²) in [5, 5.41) is 9.53. The zero-order chi connectivity index (χ0) is 28.4. The van der Waals surface area contributed by atoms with E-state index in [1.165, 1.54) is 11.8 Å². The van der Waals surface area contributed by atoms with Crippen molar-refractivity contribution in [1.82, 2.24) is 26.2 Å². The van der Waals surface area contributed by atoms with Crippen LogP contribution in [0.5, 0.6) is 0 Å². The van der Waals surface area contributed by atoms with Crippen LogP contribution in [0.25, 0.3) is 0 Å². The first-order chi connectivity index (χ1) is 17.6. The topological polar surface area (TPSA) is 171 Å². The lowest BCUT2D eigenvalue weighted by Crippen LogP contribution is -2.44. The highest BCUT2D eigenvalue weighted by Crippen LogP contribution is 2.30. The third-order valence-electron chi connectivity index (χ3n) is 5.82. The van der Waals surface area contributed by atoms with E-state index < -0.39 is 23.6 Å². The molecular weight excluding hydrogens is 482 g/mol. The second-order valence-corrected chi connectivity index (χ2v) is 8.51. The fourth-order valence-electron chi connectivity index (χ4n) is 3.76. The SMILES string of the molecule is CC.CCC(CC)C1CC(=O)N(CCCC(=O)NCC(=O)NCC(=O)NCC(=O)NCCC(C)=O)C1=O.[HH].[HH].[HH].[HH]. The van der Waals surface area contributed by atoms with Gasteiger partial charge in [-0.3, -0.25) is 38.5 Å². The van der Waals surface area contributed by atoms with Crippen LogP contribution in [0.15, 0.2) is 0 Å². The number of nitrogens with zero attached hydrogens (tertiary/aromatic N) is 1. The molecule has 1 rings (SSSR count). The van der Waals surface area contributed by atoms with Crippen LogP contribution in [0, 0.1) is 11.8 Å². The van der Waals surface area contributed by atoms with E-state index in [0.29, 0.717) is 0 Å². The van der Waals surface area contributed by atoms with Crippen molar-refractivity contribution < 1.29 is 39.3 Å². The number of rotatable bonds is 16. The van der Waals surface area contributed by atoms with Crippen LogP contribution in [0.1, 0.15) is 78.9 Å². The molecule has 218 valence electrons. The number of hydrogen-bond acceptors (Lipinski definition) is 7. The third kappa shape index (κ3) is 13.5. The molecule has 1 aliphatic rings. The molecule has 0 aromatic rings. The van der Waals surface area contributed by atoms with Gasteiger partial charge in [0.05, 0.1) is 25.6 Å². The van der Waals surface area contributed by atoms with Crippen LogP contribution in [-0.2, 0) is 33.6 Å². The first-order valence-electron chi connectivity index (χ1n) is 13.0. The Kier molecular flexibility index (Phi) is 17.2. The maximum Gasteiger partial charge on any atom is 0.239 e. The molecular formula is C25H51N5O7. The number of imide groups is 1. The van der Waals surface area contributed by atoms with E-state index in [9.17, 15) is 33.6 Å². The summed E-state index contributed by atoms with van der Waals surface area (Å²) in [5.41, 5.74) is 0. The molecule has 1 aliphatic heterocycles. The molecule has 0 radical (unpaired) electrons. The van der Waals surface area contributed by atoms with Crippen LogP contribution >= 0.6 is 0 Å². The van der Waals surface area contributed by atoms with Crippen molar-refractivity contribution in [3.05, 3.63) is 0 Å². The van der Waals surface area contributed by atoms with Crippen molar-refractivity contribution in [3.63, 3.8) is 0 Å². The average Bonchev–Trinajstić information content (AvgIpc) is 3.15.